The van der Waals surface area contributed by atoms with E-state index in [-0.39, 0.29) is 30.4 Å². The Labute approximate surface area is 210 Å². The van der Waals surface area contributed by atoms with Crippen molar-refractivity contribution >= 4 is 51.6 Å². The minimum absolute atomic E-state index is 0.0221. The van der Waals surface area contributed by atoms with Crippen LogP contribution in [0.5, 0.6) is 0 Å². The summed E-state index contributed by atoms with van der Waals surface area (Å²) in [5, 5.41) is 17.1. The summed E-state index contributed by atoms with van der Waals surface area (Å²) in [7, 11) is 0. The van der Waals surface area contributed by atoms with Crippen LogP contribution in [-0.2, 0) is 17.8 Å². The molecule has 0 radical (unpaired) electrons. The average Bonchev–Trinajstić information content (AvgIpc) is 3.43. The van der Waals surface area contributed by atoms with E-state index < -0.39 is 5.97 Å². The Morgan fingerprint density at radius 1 is 1.14 bits per heavy atom. The lowest BCUT2D eigenvalue weighted by atomic mass is 9.90. The highest BCUT2D eigenvalue weighted by atomic mass is 35.5. The highest BCUT2D eigenvalue weighted by Crippen LogP contribution is 2.26. The number of rotatable bonds is 6. The molecule has 1 aromatic carbocycles. The number of thiazole rings is 1. The van der Waals surface area contributed by atoms with Gasteiger partial charge >= 0.3 is 5.97 Å². The first-order valence-electron chi connectivity index (χ1n) is 11.7. The fraction of sp³-hybridized carbons (Fsp3) is 0.417. The van der Waals surface area contributed by atoms with Gasteiger partial charge in [0.15, 0.2) is 5.01 Å². The number of amides is 2. The number of carbonyl (C=O) groups excluding carboxylic acids is 2. The van der Waals surface area contributed by atoms with Crippen molar-refractivity contribution in [3.63, 3.8) is 0 Å². The Morgan fingerprint density at radius 3 is 2.63 bits per heavy atom. The zero-order valence-electron chi connectivity index (χ0n) is 19.0. The lowest BCUT2D eigenvalue weighted by Crippen LogP contribution is -2.53. The molecule has 2 aliphatic rings. The van der Waals surface area contributed by atoms with Crippen molar-refractivity contribution < 1.29 is 19.5 Å². The van der Waals surface area contributed by atoms with Crippen LogP contribution in [0, 0.1) is 0 Å². The Balaban J connectivity index is 1.24. The van der Waals surface area contributed by atoms with Crippen LogP contribution in [0.4, 0.5) is 0 Å². The van der Waals surface area contributed by atoms with Crippen molar-refractivity contribution in [3.05, 3.63) is 50.6 Å². The Morgan fingerprint density at radius 2 is 1.89 bits per heavy atom. The number of nitrogens with zero attached hydrogens (tertiary/aromatic N) is 2. The highest BCUT2D eigenvalue weighted by Gasteiger charge is 2.30. The van der Waals surface area contributed by atoms with Crippen molar-refractivity contribution in [1.29, 1.82) is 0 Å². The second-order valence-corrected chi connectivity index (χ2v) is 10.6. The van der Waals surface area contributed by atoms with Gasteiger partial charge in [0.25, 0.3) is 11.8 Å². The van der Waals surface area contributed by atoms with Crippen LogP contribution in [0.15, 0.2) is 24.3 Å². The molecule has 1 aliphatic carbocycles. The van der Waals surface area contributed by atoms with Crippen LogP contribution in [0.1, 0.15) is 56.5 Å². The maximum absolute atomic E-state index is 13.0. The van der Waals surface area contributed by atoms with Crippen LogP contribution >= 0.6 is 22.9 Å². The zero-order chi connectivity index (χ0) is 24.5. The van der Waals surface area contributed by atoms with Gasteiger partial charge < -0.3 is 20.7 Å². The lowest BCUT2D eigenvalue weighted by molar-refractivity contribution is -0.138. The molecular formula is C24H26ClN5O4S. The van der Waals surface area contributed by atoms with Crippen LogP contribution in [0.2, 0.25) is 5.02 Å². The number of carboxylic acid groups (broad SMARTS) is 1. The number of aliphatic carboxylic acids is 1. The largest absolute Gasteiger partial charge is 0.480 e. The monoisotopic (exact) mass is 515 g/mol. The van der Waals surface area contributed by atoms with Crippen LogP contribution in [-0.4, -0.2) is 62.9 Å². The topological polar surface area (TPSA) is 127 Å². The molecule has 11 heteroatoms. The molecule has 3 aromatic rings. The molecule has 1 saturated carbocycles. The standard InChI is InChI=1S/C24H26ClN5O4S/c25-14-5-6-15-13(9-14)10-19(26-15)22(33)27-16-3-1-2-4-17(16)28-23(34)24-29-18-7-8-30(12-21(31)32)11-20(18)35-24/h5-6,9-10,16-17,26H,1-4,7-8,11-12H2,(H,27,33)(H,28,34)(H,31,32). The van der Waals surface area contributed by atoms with Gasteiger partial charge in [-0.25, -0.2) is 4.98 Å². The van der Waals surface area contributed by atoms with Crippen molar-refractivity contribution in [2.75, 3.05) is 13.1 Å². The maximum atomic E-state index is 13.0. The smallest absolute Gasteiger partial charge is 0.317 e. The molecule has 1 aliphatic heterocycles. The SMILES string of the molecule is O=C(O)CN1CCc2nc(C(=O)NC3CCCCC3NC(=O)c3cc4cc(Cl)ccc4[nH]3)sc2C1. The summed E-state index contributed by atoms with van der Waals surface area (Å²) < 4.78 is 0. The number of aromatic nitrogens is 2. The van der Waals surface area contributed by atoms with Crippen molar-refractivity contribution in [3.8, 4) is 0 Å². The van der Waals surface area contributed by atoms with Crippen molar-refractivity contribution in [2.24, 2.45) is 0 Å². The van der Waals surface area contributed by atoms with E-state index in [9.17, 15) is 14.4 Å². The number of hydrogen-bond donors (Lipinski definition) is 4. The number of carbonyl (C=O) groups is 3. The second kappa shape index (κ2) is 9.96. The molecule has 1 fully saturated rings. The van der Waals surface area contributed by atoms with Gasteiger partial charge in [-0.1, -0.05) is 24.4 Å². The molecule has 2 unspecified atom stereocenters. The molecule has 0 bridgehead atoms. The summed E-state index contributed by atoms with van der Waals surface area (Å²) in [6.07, 6.45) is 4.13. The van der Waals surface area contributed by atoms with Crippen LogP contribution < -0.4 is 10.6 Å². The number of halogens is 1. The van der Waals surface area contributed by atoms with Crippen molar-refractivity contribution in [1.82, 2.24) is 25.5 Å². The predicted molar refractivity (Wildman–Crippen MR) is 133 cm³/mol. The number of aromatic amines is 1. The van der Waals surface area contributed by atoms with E-state index in [4.69, 9.17) is 16.7 Å². The second-order valence-electron chi connectivity index (χ2n) is 9.10. The summed E-state index contributed by atoms with van der Waals surface area (Å²) in [6, 6.07) is 6.82. The normalized spacial score (nSPS) is 20.4. The number of hydrogen-bond acceptors (Lipinski definition) is 6. The summed E-state index contributed by atoms with van der Waals surface area (Å²) in [5.41, 5.74) is 2.16. The number of benzene rings is 1. The van der Waals surface area contributed by atoms with E-state index in [0.717, 1.165) is 47.2 Å². The summed E-state index contributed by atoms with van der Waals surface area (Å²) in [4.78, 5) is 47.5. The third-order valence-corrected chi connectivity index (χ3v) is 7.91. The van der Waals surface area contributed by atoms with Gasteiger partial charge in [-0.15, -0.1) is 11.3 Å². The molecule has 0 saturated heterocycles. The van der Waals surface area contributed by atoms with Gasteiger partial charge in [-0.05, 0) is 37.1 Å². The Kier molecular flexibility index (Phi) is 6.77. The first-order valence-corrected chi connectivity index (χ1v) is 12.9. The first-order chi connectivity index (χ1) is 16.9. The summed E-state index contributed by atoms with van der Waals surface area (Å²) in [6.45, 7) is 1.08. The van der Waals surface area contributed by atoms with E-state index in [1.54, 1.807) is 12.1 Å². The van der Waals surface area contributed by atoms with E-state index in [1.807, 2.05) is 17.0 Å². The molecule has 2 atom stereocenters. The number of nitrogens with one attached hydrogen (secondary N) is 3. The number of carboxylic acids is 1. The molecule has 0 spiro atoms. The van der Waals surface area contributed by atoms with Gasteiger partial charge in [-0.3, -0.25) is 19.3 Å². The number of H-pyrrole nitrogens is 1. The van der Waals surface area contributed by atoms with Gasteiger partial charge in [0.1, 0.15) is 5.69 Å². The molecule has 3 heterocycles. The molecule has 184 valence electrons. The van der Waals surface area contributed by atoms with E-state index in [2.05, 4.69) is 20.6 Å². The average molecular weight is 516 g/mol. The lowest BCUT2D eigenvalue weighted by Gasteiger charge is -2.32. The fourth-order valence-corrected chi connectivity index (χ4v) is 6.08. The first kappa shape index (κ1) is 23.8. The van der Waals surface area contributed by atoms with Crippen LogP contribution in [0.25, 0.3) is 10.9 Å². The van der Waals surface area contributed by atoms with E-state index in [0.29, 0.717) is 35.2 Å². The minimum Gasteiger partial charge on any atom is -0.480 e. The summed E-state index contributed by atoms with van der Waals surface area (Å²) in [5.74, 6) is -1.33. The third-order valence-electron chi connectivity index (χ3n) is 6.59. The fourth-order valence-electron chi connectivity index (χ4n) is 4.85. The van der Waals surface area contributed by atoms with E-state index >= 15 is 0 Å². The highest BCUT2D eigenvalue weighted by molar-refractivity contribution is 7.13. The molecular weight excluding hydrogens is 490 g/mol. The Hall–Kier alpha value is -2.95. The van der Waals surface area contributed by atoms with Crippen LogP contribution in [0.3, 0.4) is 0 Å². The van der Waals surface area contributed by atoms with Gasteiger partial charge in [0.05, 0.1) is 12.2 Å². The van der Waals surface area contributed by atoms with Gasteiger partial charge in [0, 0.05) is 52.4 Å². The minimum atomic E-state index is -0.863. The maximum Gasteiger partial charge on any atom is 0.317 e. The molecule has 4 N–H and O–H groups in total. The molecule has 35 heavy (non-hydrogen) atoms. The third kappa shape index (κ3) is 5.34. The molecule has 2 amide bonds. The predicted octanol–water partition coefficient (Wildman–Crippen LogP) is 3.19. The van der Waals surface area contributed by atoms with Gasteiger partial charge in [-0.2, -0.15) is 0 Å². The van der Waals surface area contributed by atoms with E-state index in [1.165, 1.54) is 11.3 Å². The number of fused-ring (bicyclic) bond motifs is 2. The molecule has 5 rings (SSSR count). The summed E-state index contributed by atoms with van der Waals surface area (Å²) >= 11 is 7.37. The molecule has 2 aromatic heterocycles. The molecule has 9 nitrogen and oxygen atoms in total. The quantitative estimate of drug-likeness (QED) is 0.399. The zero-order valence-corrected chi connectivity index (χ0v) is 20.5. The Bertz CT molecular complexity index is 1290. The van der Waals surface area contributed by atoms with Crippen molar-refractivity contribution in [2.45, 2.75) is 50.7 Å². The van der Waals surface area contributed by atoms with Gasteiger partial charge in [0.2, 0.25) is 0 Å².